The molecule has 1 N–H and O–H groups in total. The highest BCUT2D eigenvalue weighted by molar-refractivity contribution is 5.94. The maximum Gasteiger partial charge on any atom is 0.270 e. The summed E-state index contributed by atoms with van der Waals surface area (Å²) >= 11 is 0. The molecule has 0 aromatic carbocycles. The fourth-order valence-electron chi connectivity index (χ4n) is 3.78. The Balaban J connectivity index is 1.63. The van der Waals surface area contributed by atoms with Gasteiger partial charge in [0.2, 0.25) is 0 Å². The molecule has 3 aliphatic rings. The van der Waals surface area contributed by atoms with Crippen LogP contribution in [-0.4, -0.2) is 45.9 Å². The van der Waals surface area contributed by atoms with Crippen LogP contribution in [-0.2, 0) is 0 Å². The molecule has 5 nitrogen and oxygen atoms in total. The molecule has 6 heteroatoms. The van der Waals surface area contributed by atoms with Crippen molar-refractivity contribution in [2.75, 3.05) is 19.6 Å². The lowest BCUT2D eigenvalue weighted by molar-refractivity contribution is 0.0617. The Hall–Kier alpha value is -1.95. The van der Waals surface area contributed by atoms with Gasteiger partial charge in [0.15, 0.2) is 0 Å². The zero-order valence-electron chi connectivity index (χ0n) is 12.6. The van der Waals surface area contributed by atoms with Crippen LogP contribution >= 0.6 is 0 Å². The minimum Gasteiger partial charge on any atom is -0.346 e. The second-order valence-electron chi connectivity index (χ2n) is 6.34. The molecule has 0 saturated carbocycles. The SMILES string of the molecule is Cc1nc2ccc(F)cn2c1C(=O)N[C@H]1CN2CCC1CC2. The molecule has 2 aromatic rings. The van der Waals surface area contributed by atoms with Crippen molar-refractivity contribution in [1.29, 1.82) is 0 Å². The monoisotopic (exact) mass is 302 g/mol. The zero-order chi connectivity index (χ0) is 15.3. The molecular formula is C16H19FN4O. The highest BCUT2D eigenvalue weighted by Crippen LogP contribution is 2.27. The van der Waals surface area contributed by atoms with Crippen molar-refractivity contribution in [3.8, 4) is 0 Å². The van der Waals surface area contributed by atoms with E-state index in [0.29, 0.717) is 23.0 Å². The Morgan fingerprint density at radius 3 is 2.82 bits per heavy atom. The van der Waals surface area contributed by atoms with Gasteiger partial charge in [0.25, 0.3) is 5.91 Å². The van der Waals surface area contributed by atoms with Crippen molar-refractivity contribution in [2.45, 2.75) is 25.8 Å². The zero-order valence-corrected chi connectivity index (χ0v) is 12.6. The van der Waals surface area contributed by atoms with Crippen LogP contribution in [0.25, 0.3) is 5.65 Å². The Labute approximate surface area is 128 Å². The first kappa shape index (κ1) is 13.7. The maximum atomic E-state index is 13.5. The number of nitrogens with one attached hydrogen (secondary N) is 1. The normalized spacial score (nSPS) is 27.3. The van der Waals surface area contributed by atoms with E-state index in [2.05, 4.69) is 15.2 Å². The summed E-state index contributed by atoms with van der Waals surface area (Å²) in [6.07, 6.45) is 3.61. The number of amides is 1. The second kappa shape index (κ2) is 5.05. The summed E-state index contributed by atoms with van der Waals surface area (Å²) in [7, 11) is 0. The summed E-state index contributed by atoms with van der Waals surface area (Å²) in [5, 5.41) is 3.14. The molecule has 5 rings (SSSR count). The van der Waals surface area contributed by atoms with Crippen LogP contribution in [0.3, 0.4) is 0 Å². The lowest BCUT2D eigenvalue weighted by atomic mass is 9.84. The molecule has 0 aliphatic carbocycles. The molecule has 3 fully saturated rings. The molecule has 0 unspecified atom stereocenters. The van der Waals surface area contributed by atoms with E-state index in [0.717, 1.165) is 32.5 Å². The number of hydrogen-bond acceptors (Lipinski definition) is 3. The maximum absolute atomic E-state index is 13.5. The number of aromatic nitrogens is 2. The van der Waals surface area contributed by atoms with Gasteiger partial charge in [0, 0.05) is 18.8 Å². The number of rotatable bonds is 2. The van der Waals surface area contributed by atoms with Crippen molar-refractivity contribution < 1.29 is 9.18 Å². The Kier molecular flexibility index (Phi) is 3.14. The first-order chi connectivity index (χ1) is 10.6. The van der Waals surface area contributed by atoms with Gasteiger partial charge in [-0.3, -0.25) is 9.20 Å². The topological polar surface area (TPSA) is 49.6 Å². The van der Waals surface area contributed by atoms with Gasteiger partial charge in [0.1, 0.15) is 17.2 Å². The fourth-order valence-corrected chi connectivity index (χ4v) is 3.78. The molecule has 2 aromatic heterocycles. The molecular weight excluding hydrogens is 283 g/mol. The summed E-state index contributed by atoms with van der Waals surface area (Å²) in [4.78, 5) is 19.4. The summed E-state index contributed by atoms with van der Waals surface area (Å²) < 4.78 is 15.0. The Morgan fingerprint density at radius 1 is 1.36 bits per heavy atom. The summed E-state index contributed by atoms with van der Waals surface area (Å²) in [6.45, 7) is 4.98. The Bertz CT molecular complexity index is 733. The number of carbonyl (C=O) groups is 1. The van der Waals surface area contributed by atoms with E-state index in [-0.39, 0.29) is 17.8 Å². The van der Waals surface area contributed by atoms with Gasteiger partial charge in [-0.1, -0.05) is 0 Å². The molecule has 3 saturated heterocycles. The molecule has 0 radical (unpaired) electrons. The van der Waals surface area contributed by atoms with Crippen molar-refractivity contribution >= 4 is 11.6 Å². The number of piperidine rings is 3. The van der Waals surface area contributed by atoms with Gasteiger partial charge < -0.3 is 10.2 Å². The van der Waals surface area contributed by atoms with Crippen LogP contribution in [0.1, 0.15) is 29.0 Å². The smallest absolute Gasteiger partial charge is 0.270 e. The van der Waals surface area contributed by atoms with Crippen LogP contribution in [0, 0.1) is 18.7 Å². The average molecular weight is 302 g/mol. The number of fused-ring (bicyclic) bond motifs is 4. The van der Waals surface area contributed by atoms with Crippen LogP contribution in [0.15, 0.2) is 18.3 Å². The van der Waals surface area contributed by atoms with E-state index in [4.69, 9.17) is 0 Å². The van der Waals surface area contributed by atoms with Crippen LogP contribution in [0.5, 0.6) is 0 Å². The summed E-state index contributed by atoms with van der Waals surface area (Å²) in [6, 6.07) is 3.14. The van der Waals surface area contributed by atoms with E-state index in [1.54, 1.807) is 17.4 Å². The van der Waals surface area contributed by atoms with Crippen molar-refractivity contribution in [2.24, 2.45) is 5.92 Å². The lowest BCUT2D eigenvalue weighted by Gasteiger charge is -2.44. The van der Waals surface area contributed by atoms with Crippen LogP contribution in [0.4, 0.5) is 4.39 Å². The third kappa shape index (κ3) is 2.18. The predicted octanol–water partition coefficient (Wildman–Crippen LogP) is 1.61. The van der Waals surface area contributed by atoms with Gasteiger partial charge in [-0.15, -0.1) is 0 Å². The fraction of sp³-hybridized carbons (Fsp3) is 0.500. The third-order valence-corrected chi connectivity index (χ3v) is 4.94. The van der Waals surface area contributed by atoms with Gasteiger partial charge in [-0.05, 0) is 50.9 Å². The van der Waals surface area contributed by atoms with Gasteiger partial charge in [-0.25, -0.2) is 9.37 Å². The number of pyridine rings is 1. The number of halogens is 1. The quantitative estimate of drug-likeness (QED) is 0.917. The molecule has 0 spiro atoms. The summed E-state index contributed by atoms with van der Waals surface area (Å²) in [5.74, 6) is 0.0290. The van der Waals surface area contributed by atoms with Crippen LogP contribution in [0.2, 0.25) is 0 Å². The standard InChI is InChI=1S/C16H19FN4O/c1-10-15(21-8-12(17)2-3-14(21)18-10)16(22)19-13-9-20-6-4-11(13)5-7-20/h2-3,8,11,13H,4-7,9H2,1H3,(H,19,22)/t13-/m0/s1. The Morgan fingerprint density at radius 2 is 2.14 bits per heavy atom. The molecule has 3 aliphatic heterocycles. The van der Waals surface area contributed by atoms with Crippen molar-refractivity contribution in [1.82, 2.24) is 19.6 Å². The van der Waals surface area contributed by atoms with E-state index in [1.165, 1.54) is 12.3 Å². The molecule has 1 atom stereocenters. The van der Waals surface area contributed by atoms with E-state index in [9.17, 15) is 9.18 Å². The highest BCUT2D eigenvalue weighted by atomic mass is 19.1. The molecule has 116 valence electrons. The molecule has 1 amide bonds. The van der Waals surface area contributed by atoms with Gasteiger partial charge >= 0.3 is 0 Å². The summed E-state index contributed by atoms with van der Waals surface area (Å²) in [5.41, 5.74) is 1.66. The number of carbonyl (C=O) groups excluding carboxylic acids is 1. The minimum atomic E-state index is -0.373. The largest absolute Gasteiger partial charge is 0.346 e. The number of aryl methyl sites for hydroxylation is 1. The van der Waals surface area contributed by atoms with Crippen LogP contribution < -0.4 is 5.32 Å². The number of nitrogens with zero attached hydrogens (tertiary/aromatic N) is 3. The van der Waals surface area contributed by atoms with E-state index in [1.807, 2.05) is 0 Å². The lowest BCUT2D eigenvalue weighted by Crippen LogP contribution is -2.57. The minimum absolute atomic E-state index is 0.158. The highest BCUT2D eigenvalue weighted by Gasteiger charge is 2.35. The van der Waals surface area contributed by atoms with Gasteiger partial charge in [-0.2, -0.15) is 0 Å². The first-order valence-corrected chi connectivity index (χ1v) is 7.79. The van der Waals surface area contributed by atoms with Gasteiger partial charge in [0.05, 0.1) is 5.69 Å². The first-order valence-electron chi connectivity index (χ1n) is 7.79. The average Bonchev–Trinajstić information content (AvgIpc) is 2.83. The number of imidazole rings is 1. The van der Waals surface area contributed by atoms with Crippen molar-refractivity contribution in [3.05, 3.63) is 35.5 Å². The molecule has 22 heavy (non-hydrogen) atoms. The molecule has 5 heterocycles. The van der Waals surface area contributed by atoms with E-state index < -0.39 is 0 Å². The number of hydrogen-bond donors (Lipinski definition) is 1. The molecule has 2 bridgehead atoms. The predicted molar refractivity (Wildman–Crippen MR) is 80.3 cm³/mol. The third-order valence-electron chi connectivity index (χ3n) is 4.94. The van der Waals surface area contributed by atoms with E-state index >= 15 is 0 Å². The van der Waals surface area contributed by atoms with Crippen molar-refractivity contribution in [3.63, 3.8) is 0 Å². The second-order valence-corrected chi connectivity index (χ2v) is 6.34.